The number of aromatic nitrogens is 4. The van der Waals surface area contributed by atoms with Crippen molar-refractivity contribution in [3.8, 4) is 11.4 Å². The smallest absolute Gasteiger partial charge is 0.259 e. The van der Waals surface area contributed by atoms with Crippen molar-refractivity contribution in [3.05, 3.63) is 33.0 Å². The van der Waals surface area contributed by atoms with Gasteiger partial charge in [-0.15, -0.1) is 0 Å². The van der Waals surface area contributed by atoms with E-state index in [4.69, 9.17) is 12.2 Å². The third-order valence-corrected chi connectivity index (χ3v) is 3.41. The maximum atomic E-state index is 12.2. The van der Waals surface area contributed by atoms with Crippen LogP contribution < -0.4 is 5.56 Å². The quantitative estimate of drug-likeness (QED) is 0.851. The van der Waals surface area contributed by atoms with Crippen molar-refractivity contribution in [2.45, 2.75) is 40.2 Å². The molecule has 0 bridgehead atoms. The fraction of sp³-hybridized carbons (Fsp3) is 0.500. The monoisotopic (exact) mass is 292 g/mol. The molecule has 2 aromatic heterocycles. The summed E-state index contributed by atoms with van der Waals surface area (Å²) in [5.74, 6) is 1.31. The molecular formula is C14H20N4OS. The first-order chi connectivity index (χ1) is 9.40. The lowest BCUT2D eigenvalue weighted by Gasteiger charge is -2.10. The number of aromatic amines is 2. The van der Waals surface area contributed by atoms with Crippen LogP contribution in [0.15, 0.2) is 16.9 Å². The lowest BCUT2D eigenvalue weighted by Crippen LogP contribution is -2.15. The molecule has 0 spiro atoms. The molecule has 0 atom stereocenters. The second kappa shape index (κ2) is 5.75. The Bertz CT molecular complexity index is 708. The lowest BCUT2D eigenvalue weighted by atomic mass is 10.1. The number of rotatable bonds is 4. The highest BCUT2D eigenvalue weighted by Gasteiger charge is 2.14. The van der Waals surface area contributed by atoms with E-state index in [2.05, 4.69) is 29.0 Å². The van der Waals surface area contributed by atoms with Crippen molar-refractivity contribution < 1.29 is 0 Å². The number of hydrogen-bond donors (Lipinski definition) is 2. The zero-order valence-electron chi connectivity index (χ0n) is 12.2. The zero-order valence-corrected chi connectivity index (χ0v) is 13.0. The molecule has 2 heterocycles. The van der Waals surface area contributed by atoms with Gasteiger partial charge in [-0.25, -0.2) is 0 Å². The Kier molecular flexibility index (Phi) is 4.23. The molecule has 108 valence electrons. The Labute approximate surface area is 123 Å². The van der Waals surface area contributed by atoms with Gasteiger partial charge in [0.25, 0.3) is 5.56 Å². The van der Waals surface area contributed by atoms with Crippen LogP contribution in [0.5, 0.6) is 0 Å². The van der Waals surface area contributed by atoms with Gasteiger partial charge in [-0.05, 0) is 36.2 Å². The summed E-state index contributed by atoms with van der Waals surface area (Å²) in [7, 11) is 0. The first kappa shape index (κ1) is 14.7. The maximum absolute atomic E-state index is 12.2. The van der Waals surface area contributed by atoms with Gasteiger partial charge in [0.15, 0.2) is 10.6 Å². The first-order valence-corrected chi connectivity index (χ1v) is 7.19. The van der Waals surface area contributed by atoms with Crippen molar-refractivity contribution in [2.75, 3.05) is 0 Å². The molecule has 0 amide bonds. The average molecular weight is 292 g/mol. The van der Waals surface area contributed by atoms with Crippen molar-refractivity contribution in [1.82, 2.24) is 19.7 Å². The van der Waals surface area contributed by atoms with Gasteiger partial charge >= 0.3 is 0 Å². The van der Waals surface area contributed by atoms with Crippen LogP contribution >= 0.6 is 12.2 Å². The molecule has 0 aromatic carbocycles. The Balaban J connectivity index is 2.52. The molecule has 2 N–H and O–H groups in total. The standard InChI is InChI=1S/C14H20N4OS/c1-8(2)7-18-12(16-17-14(18)20)10-5-6-11(9(3)4)15-13(10)19/h5-6,8-9H,7H2,1-4H3,(H,15,19)(H,17,20). The molecule has 0 aliphatic heterocycles. The molecule has 0 aliphatic carbocycles. The van der Waals surface area contributed by atoms with E-state index in [9.17, 15) is 4.79 Å². The fourth-order valence-electron chi connectivity index (χ4n) is 2.06. The van der Waals surface area contributed by atoms with Gasteiger partial charge < -0.3 is 4.98 Å². The predicted octanol–water partition coefficient (Wildman–Crippen LogP) is 3.08. The Morgan fingerprint density at radius 2 is 2.00 bits per heavy atom. The molecular weight excluding hydrogens is 272 g/mol. The zero-order chi connectivity index (χ0) is 14.9. The van der Waals surface area contributed by atoms with Crippen molar-refractivity contribution in [1.29, 1.82) is 0 Å². The molecule has 0 unspecified atom stereocenters. The normalized spacial score (nSPS) is 11.5. The summed E-state index contributed by atoms with van der Waals surface area (Å²) in [6.45, 7) is 9.02. The molecule has 20 heavy (non-hydrogen) atoms. The Hall–Kier alpha value is -1.69. The van der Waals surface area contributed by atoms with Crippen LogP contribution in [0.4, 0.5) is 0 Å². The van der Waals surface area contributed by atoms with Crippen LogP contribution in [-0.4, -0.2) is 19.7 Å². The number of hydrogen-bond acceptors (Lipinski definition) is 3. The van der Waals surface area contributed by atoms with Gasteiger partial charge in [0, 0.05) is 12.2 Å². The Morgan fingerprint density at radius 3 is 2.55 bits per heavy atom. The molecule has 2 rings (SSSR count). The number of pyridine rings is 1. The second-order valence-electron chi connectivity index (χ2n) is 5.67. The molecule has 2 aromatic rings. The van der Waals surface area contributed by atoms with Gasteiger partial charge in [0.05, 0.1) is 5.56 Å². The minimum absolute atomic E-state index is 0.129. The van der Waals surface area contributed by atoms with E-state index in [-0.39, 0.29) is 11.5 Å². The van der Waals surface area contributed by atoms with E-state index < -0.39 is 0 Å². The average Bonchev–Trinajstić information content (AvgIpc) is 2.70. The van der Waals surface area contributed by atoms with Gasteiger partial charge in [0.1, 0.15) is 0 Å². The SMILES string of the molecule is CC(C)Cn1c(-c2ccc(C(C)C)[nH]c2=O)n[nH]c1=S. The summed E-state index contributed by atoms with van der Waals surface area (Å²) < 4.78 is 2.42. The van der Waals surface area contributed by atoms with E-state index in [1.165, 1.54) is 0 Å². The van der Waals surface area contributed by atoms with Crippen LogP contribution in [0, 0.1) is 10.7 Å². The lowest BCUT2D eigenvalue weighted by molar-refractivity contribution is 0.521. The van der Waals surface area contributed by atoms with Crippen LogP contribution in [0.1, 0.15) is 39.3 Å². The second-order valence-corrected chi connectivity index (χ2v) is 6.05. The molecule has 0 aliphatic rings. The van der Waals surface area contributed by atoms with Gasteiger partial charge in [-0.3, -0.25) is 14.5 Å². The maximum Gasteiger partial charge on any atom is 0.259 e. The van der Waals surface area contributed by atoms with Crippen molar-refractivity contribution in [2.24, 2.45) is 5.92 Å². The van der Waals surface area contributed by atoms with E-state index >= 15 is 0 Å². The van der Waals surface area contributed by atoms with E-state index in [0.717, 1.165) is 12.2 Å². The van der Waals surface area contributed by atoms with E-state index in [1.54, 1.807) is 0 Å². The van der Waals surface area contributed by atoms with Gasteiger partial charge in [-0.2, -0.15) is 5.10 Å². The molecule has 6 heteroatoms. The van der Waals surface area contributed by atoms with Crippen LogP contribution in [0.25, 0.3) is 11.4 Å². The van der Waals surface area contributed by atoms with Crippen molar-refractivity contribution in [3.63, 3.8) is 0 Å². The minimum Gasteiger partial charge on any atom is -0.325 e. The summed E-state index contributed by atoms with van der Waals surface area (Å²) in [6.07, 6.45) is 0. The Morgan fingerprint density at radius 1 is 1.30 bits per heavy atom. The summed E-state index contributed by atoms with van der Waals surface area (Å²) >= 11 is 5.23. The third kappa shape index (κ3) is 2.90. The van der Waals surface area contributed by atoms with Gasteiger partial charge in [-0.1, -0.05) is 27.7 Å². The van der Waals surface area contributed by atoms with Crippen LogP contribution in [0.3, 0.4) is 0 Å². The van der Waals surface area contributed by atoms with Crippen LogP contribution in [-0.2, 0) is 6.54 Å². The summed E-state index contributed by atoms with van der Waals surface area (Å²) in [5.41, 5.74) is 1.33. The highest BCUT2D eigenvalue weighted by Crippen LogP contribution is 2.17. The highest BCUT2D eigenvalue weighted by molar-refractivity contribution is 7.71. The molecule has 0 fully saturated rings. The number of nitrogens with one attached hydrogen (secondary N) is 2. The molecule has 0 saturated heterocycles. The predicted molar refractivity (Wildman–Crippen MR) is 82.4 cm³/mol. The highest BCUT2D eigenvalue weighted by atomic mass is 32.1. The molecule has 0 radical (unpaired) electrons. The topological polar surface area (TPSA) is 66.5 Å². The van der Waals surface area contributed by atoms with E-state index in [0.29, 0.717) is 22.1 Å². The molecule has 5 nitrogen and oxygen atoms in total. The molecule has 0 saturated carbocycles. The summed E-state index contributed by atoms with van der Waals surface area (Å²) in [6, 6.07) is 3.74. The van der Waals surface area contributed by atoms with Crippen LogP contribution in [0.2, 0.25) is 0 Å². The van der Waals surface area contributed by atoms with E-state index in [1.807, 2.05) is 30.5 Å². The third-order valence-electron chi connectivity index (χ3n) is 3.10. The summed E-state index contributed by atoms with van der Waals surface area (Å²) in [4.78, 5) is 15.1. The van der Waals surface area contributed by atoms with Crippen molar-refractivity contribution >= 4 is 12.2 Å². The first-order valence-electron chi connectivity index (χ1n) is 6.79. The number of H-pyrrole nitrogens is 2. The fourth-order valence-corrected chi connectivity index (χ4v) is 2.27. The minimum atomic E-state index is -0.129. The largest absolute Gasteiger partial charge is 0.325 e. The number of nitrogens with zero attached hydrogens (tertiary/aromatic N) is 2. The summed E-state index contributed by atoms with van der Waals surface area (Å²) in [5, 5.41) is 6.97. The van der Waals surface area contributed by atoms with Gasteiger partial charge in [0.2, 0.25) is 0 Å².